The van der Waals surface area contributed by atoms with Crippen molar-refractivity contribution in [1.29, 1.82) is 0 Å². The van der Waals surface area contributed by atoms with Crippen molar-refractivity contribution in [3.05, 3.63) is 0 Å². The van der Waals surface area contributed by atoms with Gasteiger partial charge in [0.2, 0.25) is 0 Å². The second-order valence-corrected chi connectivity index (χ2v) is 11.7. The minimum absolute atomic E-state index is 0.807. The topological polar surface area (TPSA) is 0 Å². The van der Waals surface area contributed by atoms with Crippen molar-refractivity contribution in [2.24, 2.45) is 0 Å². The summed E-state index contributed by atoms with van der Waals surface area (Å²) < 4.78 is 1.12. The van der Waals surface area contributed by atoms with Crippen molar-refractivity contribution in [3.8, 4) is 0 Å². The molecule has 0 radical (unpaired) electrons. The van der Waals surface area contributed by atoms with E-state index in [2.05, 4.69) is 41.2 Å². The van der Waals surface area contributed by atoms with Crippen LogP contribution in [0.15, 0.2) is 0 Å². The first-order valence-corrected chi connectivity index (χ1v) is 9.49. The summed E-state index contributed by atoms with van der Waals surface area (Å²) in [5, 5.41) is 0. The summed E-state index contributed by atoms with van der Waals surface area (Å²) in [6.07, 6.45) is 4.24. The molecule has 0 aliphatic heterocycles. The van der Waals surface area contributed by atoms with Gasteiger partial charge in [-0.25, -0.2) is 0 Å². The van der Waals surface area contributed by atoms with Crippen LogP contribution in [0.2, 0.25) is 25.2 Å². The largest absolute Gasteiger partial charge is 0.331 e. The van der Waals surface area contributed by atoms with Gasteiger partial charge in [-0.05, 0) is 6.42 Å². The van der Waals surface area contributed by atoms with E-state index in [1.807, 2.05) is 0 Å². The second-order valence-electron chi connectivity index (χ2n) is 6.39. The first-order chi connectivity index (χ1) is 6.27. The van der Waals surface area contributed by atoms with E-state index in [4.69, 9.17) is 0 Å². The molecule has 0 bridgehead atoms. The van der Waals surface area contributed by atoms with Gasteiger partial charge in [0, 0.05) is 8.07 Å². The van der Waals surface area contributed by atoms with Crippen LogP contribution in [0.1, 0.15) is 26.2 Å². The third-order valence-corrected chi connectivity index (χ3v) is 6.42. The monoisotopic (exact) mass is 216 g/mol. The lowest BCUT2D eigenvalue weighted by Crippen LogP contribution is -2.35. The zero-order valence-corrected chi connectivity index (χ0v) is 12.2. The van der Waals surface area contributed by atoms with Crippen LogP contribution in [0.4, 0.5) is 0 Å². The molecular formula is C12H30NSi+. The third kappa shape index (κ3) is 8.76. The fourth-order valence-electron chi connectivity index (χ4n) is 1.99. The highest BCUT2D eigenvalue weighted by molar-refractivity contribution is 6.77. The number of quaternary nitrogens is 1. The Labute approximate surface area is 92.1 Å². The van der Waals surface area contributed by atoms with Gasteiger partial charge in [0.05, 0.1) is 27.7 Å². The van der Waals surface area contributed by atoms with E-state index >= 15 is 0 Å². The summed E-state index contributed by atoms with van der Waals surface area (Å²) in [4.78, 5) is 0. The van der Waals surface area contributed by atoms with Crippen molar-refractivity contribution in [3.63, 3.8) is 0 Å². The first kappa shape index (κ1) is 14.2. The van der Waals surface area contributed by atoms with Gasteiger partial charge in [-0.15, -0.1) is 0 Å². The SMILES string of the molecule is CCC[Si](C)(C)CCCC[N+](C)(C)C. The molecule has 0 aliphatic rings. The highest BCUT2D eigenvalue weighted by atomic mass is 28.3. The third-order valence-electron chi connectivity index (χ3n) is 2.86. The first-order valence-electron chi connectivity index (χ1n) is 6.07. The number of nitrogens with zero attached hydrogens (tertiary/aromatic N) is 1. The maximum atomic E-state index is 2.54. The molecule has 0 aliphatic carbocycles. The fraction of sp³-hybridized carbons (Fsp3) is 1.00. The van der Waals surface area contributed by atoms with Crippen LogP contribution in [0.3, 0.4) is 0 Å². The Morgan fingerprint density at radius 1 is 0.929 bits per heavy atom. The zero-order chi connectivity index (χ0) is 11.2. The van der Waals surface area contributed by atoms with Crippen LogP contribution in [0.5, 0.6) is 0 Å². The lowest BCUT2D eigenvalue weighted by molar-refractivity contribution is -0.870. The maximum absolute atomic E-state index is 2.54. The normalized spacial score (nSPS) is 13.3. The molecule has 0 heterocycles. The Kier molecular flexibility index (Phi) is 5.99. The van der Waals surface area contributed by atoms with Crippen LogP contribution in [-0.4, -0.2) is 40.2 Å². The van der Waals surface area contributed by atoms with E-state index in [0.717, 1.165) is 4.48 Å². The Hall–Kier alpha value is 0.177. The van der Waals surface area contributed by atoms with Gasteiger partial charge in [0.15, 0.2) is 0 Å². The van der Waals surface area contributed by atoms with E-state index in [0.29, 0.717) is 0 Å². The van der Waals surface area contributed by atoms with Gasteiger partial charge >= 0.3 is 0 Å². The van der Waals surface area contributed by atoms with E-state index in [1.54, 1.807) is 0 Å². The number of rotatable bonds is 7. The van der Waals surface area contributed by atoms with Crippen LogP contribution in [0.25, 0.3) is 0 Å². The molecule has 0 spiro atoms. The minimum atomic E-state index is -0.807. The Morgan fingerprint density at radius 3 is 1.93 bits per heavy atom. The smallest absolute Gasteiger partial charge is 0.0780 e. The quantitative estimate of drug-likeness (QED) is 0.347. The Morgan fingerprint density at radius 2 is 1.50 bits per heavy atom. The maximum Gasteiger partial charge on any atom is 0.0780 e. The van der Waals surface area contributed by atoms with Crippen molar-refractivity contribution in [2.45, 2.75) is 51.4 Å². The molecule has 0 aromatic carbocycles. The molecule has 0 amide bonds. The molecule has 0 fully saturated rings. The Balaban J connectivity index is 3.54. The lowest BCUT2D eigenvalue weighted by atomic mass is 10.3. The number of unbranched alkanes of at least 4 members (excludes halogenated alkanes) is 1. The van der Waals surface area contributed by atoms with Gasteiger partial charge in [0.25, 0.3) is 0 Å². The molecule has 0 saturated carbocycles. The van der Waals surface area contributed by atoms with Crippen molar-refractivity contribution in [2.75, 3.05) is 27.7 Å². The van der Waals surface area contributed by atoms with Crippen molar-refractivity contribution < 1.29 is 4.48 Å². The van der Waals surface area contributed by atoms with Gasteiger partial charge in [0.1, 0.15) is 0 Å². The molecule has 0 aromatic rings. The standard InChI is InChI=1S/C12H30NSi/c1-7-11-14(5,6)12-9-8-10-13(2,3)4/h7-12H2,1-6H3/q+1. The lowest BCUT2D eigenvalue weighted by Gasteiger charge is -2.25. The molecule has 14 heavy (non-hydrogen) atoms. The van der Waals surface area contributed by atoms with Crippen molar-refractivity contribution in [1.82, 2.24) is 0 Å². The highest BCUT2D eigenvalue weighted by Gasteiger charge is 2.18. The van der Waals surface area contributed by atoms with Crippen LogP contribution >= 0.6 is 0 Å². The van der Waals surface area contributed by atoms with Crippen LogP contribution in [-0.2, 0) is 0 Å². The molecule has 1 nitrogen and oxygen atoms in total. The van der Waals surface area contributed by atoms with Gasteiger partial charge < -0.3 is 4.48 Å². The summed E-state index contributed by atoms with van der Waals surface area (Å²) in [6, 6.07) is 3.04. The molecule has 0 rings (SSSR count). The van der Waals surface area contributed by atoms with Crippen LogP contribution < -0.4 is 0 Å². The molecule has 2 heteroatoms. The Bertz CT molecular complexity index is 147. The zero-order valence-electron chi connectivity index (χ0n) is 11.2. The van der Waals surface area contributed by atoms with E-state index < -0.39 is 8.07 Å². The predicted octanol–water partition coefficient (Wildman–Crippen LogP) is 3.59. The molecule has 0 saturated heterocycles. The summed E-state index contributed by atoms with van der Waals surface area (Å²) in [5.41, 5.74) is 0. The van der Waals surface area contributed by atoms with E-state index in [1.165, 1.54) is 37.9 Å². The van der Waals surface area contributed by atoms with E-state index in [-0.39, 0.29) is 0 Å². The molecule has 86 valence electrons. The van der Waals surface area contributed by atoms with E-state index in [9.17, 15) is 0 Å². The van der Waals surface area contributed by atoms with Gasteiger partial charge in [-0.2, -0.15) is 0 Å². The number of hydrogen-bond acceptors (Lipinski definition) is 0. The summed E-state index contributed by atoms with van der Waals surface area (Å²) in [7, 11) is 6.05. The fourth-order valence-corrected chi connectivity index (χ4v) is 4.80. The summed E-state index contributed by atoms with van der Waals surface area (Å²) >= 11 is 0. The summed E-state index contributed by atoms with van der Waals surface area (Å²) in [5.74, 6) is 0. The molecule has 0 unspecified atom stereocenters. The molecule has 0 aromatic heterocycles. The number of hydrogen-bond donors (Lipinski definition) is 0. The molecular weight excluding hydrogens is 186 g/mol. The van der Waals surface area contributed by atoms with Gasteiger partial charge in [-0.3, -0.25) is 0 Å². The highest BCUT2D eigenvalue weighted by Crippen LogP contribution is 2.20. The average Bonchev–Trinajstić information content (AvgIpc) is 1.96. The summed E-state index contributed by atoms with van der Waals surface area (Å²) in [6.45, 7) is 8.74. The minimum Gasteiger partial charge on any atom is -0.331 e. The second kappa shape index (κ2) is 5.91. The predicted molar refractivity (Wildman–Crippen MR) is 69.5 cm³/mol. The van der Waals surface area contributed by atoms with Crippen molar-refractivity contribution >= 4 is 8.07 Å². The average molecular weight is 216 g/mol. The molecule has 0 N–H and O–H groups in total. The van der Waals surface area contributed by atoms with Crippen LogP contribution in [0, 0.1) is 0 Å². The molecule has 0 atom stereocenters. The van der Waals surface area contributed by atoms with Gasteiger partial charge in [-0.1, -0.05) is 44.9 Å².